The highest BCUT2D eigenvalue weighted by molar-refractivity contribution is 5.96. The Balaban J connectivity index is 1.39. The molecular weight excluding hydrogens is 374 g/mol. The summed E-state index contributed by atoms with van der Waals surface area (Å²) >= 11 is 0. The summed E-state index contributed by atoms with van der Waals surface area (Å²) in [5, 5.41) is 10.8. The Labute approximate surface area is 168 Å². The summed E-state index contributed by atoms with van der Waals surface area (Å²) in [6.07, 6.45) is 0. The fourth-order valence-electron chi connectivity index (χ4n) is 3.15. The van der Waals surface area contributed by atoms with E-state index in [1.54, 1.807) is 0 Å². The summed E-state index contributed by atoms with van der Waals surface area (Å²) in [4.78, 5) is 38.7. The number of carbonyl (C=O) groups is 2. The van der Waals surface area contributed by atoms with Gasteiger partial charge >= 0.3 is 0 Å². The maximum absolute atomic E-state index is 12.1. The van der Waals surface area contributed by atoms with Crippen molar-refractivity contribution >= 4 is 17.5 Å². The van der Waals surface area contributed by atoms with E-state index < -0.39 is 10.8 Å². The largest absolute Gasteiger partial charge is 0.297 e. The first-order valence-electron chi connectivity index (χ1n) is 9.33. The van der Waals surface area contributed by atoms with Crippen LogP contribution in [0.1, 0.15) is 15.9 Å². The SMILES string of the molecule is O=C(CN1CCN(Cc2ccccc2)CC1)NNC(=O)c1cccc([N+](=O)[O-])c1. The van der Waals surface area contributed by atoms with Crippen molar-refractivity contribution in [1.29, 1.82) is 0 Å². The van der Waals surface area contributed by atoms with Crippen molar-refractivity contribution in [3.05, 3.63) is 75.8 Å². The second kappa shape index (κ2) is 9.76. The number of benzene rings is 2. The van der Waals surface area contributed by atoms with Gasteiger partial charge in [0.2, 0.25) is 0 Å². The lowest BCUT2D eigenvalue weighted by Gasteiger charge is -2.34. The molecule has 1 saturated heterocycles. The molecule has 0 saturated carbocycles. The number of hydrazine groups is 1. The van der Waals surface area contributed by atoms with Crippen LogP contribution in [0.2, 0.25) is 0 Å². The van der Waals surface area contributed by atoms with E-state index in [4.69, 9.17) is 0 Å². The van der Waals surface area contributed by atoms with Gasteiger partial charge in [-0.3, -0.25) is 40.4 Å². The van der Waals surface area contributed by atoms with Crippen molar-refractivity contribution in [1.82, 2.24) is 20.7 Å². The number of non-ortho nitro benzene ring substituents is 1. The van der Waals surface area contributed by atoms with E-state index in [1.165, 1.54) is 23.8 Å². The zero-order valence-electron chi connectivity index (χ0n) is 15.9. The van der Waals surface area contributed by atoms with Crippen LogP contribution in [-0.2, 0) is 11.3 Å². The van der Waals surface area contributed by atoms with Crippen molar-refractivity contribution in [2.24, 2.45) is 0 Å². The topological polar surface area (TPSA) is 108 Å². The van der Waals surface area contributed by atoms with Gasteiger partial charge < -0.3 is 0 Å². The van der Waals surface area contributed by atoms with Gasteiger partial charge in [0.1, 0.15) is 0 Å². The molecule has 1 heterocycles. The summed E-state index contributed by atoms with van der Waals surface area (Å²) in [7, 11) is 0. The van der Waals surface area contributed by atoms with Gasteiger partial charge in [0.25, 0.3) is 17.5 Å². The maximum atomic E-state index is 12.1. The molecule has 29 heavy (non-hydrogen) atoms. The number of piperazine rings is 1. The fraction of sp³-hybridized carbons (Fsp3) is 0.300. The molecule has 0 radical (unpaired) electrons. The number of nitro groups is 1. The average molecular weight is 397 g/mol. The fourth-order valence-corrected chi connectivity index (χ4v) is 3.15. The van der Waals surface area contributed by atoms with Crippen molar-refractivity contribution < 1.29 is 14.5 Å². The molecule has 2 aromatic rings. The summed E-state index contributed by atoms with van der Waals surface area (Å²) in [5.41, 5.74) is 5.85. The van der Waals surface area contributed by atoms with Crippen LogP contribution in [0, 0.1) is 10.1 Å². The predicted molar refractivity (Wildman–Crippen MR) is 107 cm³/mol. The molecule has 9 heteroatoms. The van der Waals surface area contributed by atoms with Gasteiger partial charge in [-0.15, -0.1) is 0 Å². The van der Waals surface area contributed by atoms with Crippen LogP contribution in [0.25, 0.3) is 0 Å². The lowest BCUT2D eigenvalue weighted by atomic mass is 10.2. The molecule has 1 aliphatic rings. The lowest BCUT2D eigenvalue weighted by molar-refractivity contribution is -0.384. The highest BCUT2D eigenvalue weighted by Gasteiger charge is 2.19. The van der Waals surface area contributed by atoms with Gasteiger partial charge in [-0.25, -0.2) is 0 Å². The molecule has 2 N–H and O–H groups in total. The molecule has 0 bridgehead atoms. The molecule has 9 nitrogen and oxygen atoms in total. The third-order valence-electron chi connectivity index (χ3n) is 4.72. The minimum Gasteiger partial charge on any atom is -0.297 e. The zero-order valence-corrected chi connectivity index (χ0v) is 15.9. The summed E-state index contributed by atoms with van der Waals surface area (Å²) in [6, 6.07) is 15.6. The van der Waals surface area contributed by atoms with E-state index in [1.807, 2.05) is 23.1 Å². The molecule has 152 valence electrons. The monoisotopic (exact) mass is 397 g/mol. The third kappa shape index (κ3) is 6.09. The number of hydrogen-bond acceptors (Lipinski definition) is 6. The molecule has 3 rings (SSSR count). The van der Waals surface area contributed by atoms with Gasteiger partial charge in [-0.1, -0.05) is 36.4 Å². The van der Waals surface area contributed by atoms with Gasteiger partial charge in [0, 0.05) is 50.4 Å². The molecular formula is C20H23N5O4. The Morgan fingerprint density at radius 1 is 0.931 bits per heavy atom. The van der Waals surface area contributed by atoms with E-state index in [0.29, 0.717) is 0 Å². The van der Waals surface area contributed by atoms with Gasteiger partial charge in [-0.2, -0.15) is 0 Å². The normalized spacial score (nSPS) is 14.9. The zero-order chi connectivity index (χ0) is 20.6. The van der Waals surface area contributed by atoms with E-state index >= 15 is 0 Å². The van der Waals surface area contributed by atoms with E-state index in [2.05, 4.69) is 27.9 Å². The first-order valence-corrected chi connectivity index (χ1v) is 9.33. The summed E-state index contributed by atoms with van der Waals surface area (Å²) in [5.74, 6) is -0.935. The van der Waals surface area contributed by atoms with E-state index in [0.717, 1.165) is 38.8 Å². The Morgan fingerprint density at radius 2 is 1.62 bits per heavy atom. The predicted octanol–water partition coefficient (Wildman–Crippen LogP) is 1.17. The molecule has 0 aliphatic carbocycles. The number of carbonyl (C=O) groups excluding carboxylic acids is 2. The standard InChI is InChI=1S/C20H23N5O4/c26-19(21-22-20(27)17-7-4-8-18(13-17)25(28)29)15-24-11-9-23(10-12-24)14-16-5-2-1-3-6-16/h1-8,13H,9-12,14-15H2,(H,21,26)(H,22,27). The average Bonchev–Trinajstić information content (AvgIpc) is 2.74. The Hall–Kier alpha value is -3.30. The second-order valence-electron chi connectivity index (χ2n) is 6.85. The third-order valence-corrected chi connectivity index (χ3v) is 4.72. The van der Waals surface area contributed by atoms with Crippen LogP contribution < -0.4 is 10.9 Å². The van der Waals surface area contributed by atoms with Crippen LogP contribution in [0.3, 0.4) is 0 Å². The quantitative estimate of drug-likeness (QED) is 0.560. The number of rotatable bonds is 6. The van der Waals surface area contributed by atoms with Crippen LogP contribution in [0.4, 0.5) is 5.69 Å². The molecule has 1 fully saturated rings. The first kappa shape index (κ1) is 20.4. The molecule has 2 amide bonds. The van der Waals surface area contributed by atoms with Gasteiger partial charge in [-0.05, 0) is 11.6 Å². The van der Waals surface area contributed by atoms with Crippen molar-refractivity contribution in [2.75, 3.05) is 32.7 Å². The van der Waals surface area contributed by atoms with E-state index in [9.17, 15) is 19.7 Å². The highest BCUT2D eigenvalue weighted by atomic mass is 16.6. The summed E-state index contributed by atoms with van der Waals surface area (Å²) in [6.45, 7) is 4.32. The smallest absolute Gasteiger partial charge is 0.270 e. The Kier molecular flexibility index (Phi) is 6.88. The molecule has 1 aliphatic heterocycles. The van der Waals surface area contributed by atoms with Crippen molar-refractivity contribution in [3.63, 3.8) is 0 Å². The summed E-state index contributed by atoms with van der Waals surface area (Å²) < 4.78 is 0. The highest BCUT2D eigenvalue weighted by Crippen LogP contribution is 2.12. The minimum absolute atomic E-state index is 0.106. The van der Waals surface area contributed by atoms with Crippen LogP contribution in [0.5, 0.6) is 0 Å². The van der Waals surface area contributed by atoms with Crippen LogP contribution in [-0.4, -0.2) is 59.3 Å². The first-order chi connectivity index (χ1) is 14.0. The Bertz CT molecular complexity index is 866. The van der Waals surface area contributed by atoms with Crippen molar-refractivity contribution in [2.45, 2.75) is 6.54 Å². The van der Waals surface area contributed by atoms with Gasteiger partial charge in [0.05, 0.1) is 11.5 Å². The van der Waals surface area contributed by atoms with E-state index in [-0.39, 0.29) is 23.7 Å². The van der Waals surface area contributed by atoms with Crippen molar-refractivity contribution in [3.8, 4) is 0 Å². The molecule has 2 aromatic carbocycles. The number of hydrogen-bond donors (Lipinski definition) is 2. The Morgan fingerprint density at radius 3 is 2.31 bits per heavy atom. The lowest BCUT2D eigenvalue weighted by Crippen LogP contribution is -2.51. The van der Waals surface area contributed by atoms with Gasteiger partial charge in [0.15, 0.2) is 0 Å². The van der Waals surface area contributed by atoms with Crippen LogP contribution >= 0.6 is 0 Å². The molecule has 0 aromatic heterocycles. The maximum Gasteiger partial charge on any atom is 0.270 e. The molecule has 0 spiro atoms. The number of nitrogens with one attached hydrogen (secondary N) is 2. The number of nitrogens with zero attached hydrogens (tertiary/aromatic N) is 3. The van der Waals surface area contributed by atoms with Crippen LogP contribution in [0.15, 0.2) is 54.6 Å². The molecule has 0 atom stereocenters. The second-order valence-corrected chi connectivity index (χ2v) is 6.85. The number of nitro benzene ring substituents is 1. The molecule has 0 unspecified atom stereocenters. The minimum atomic E-state index is -0.602. The number of amides is 2.